The molecule has 1 aliphatic rings. The quantitative estimate of drug-likeness (QED) is 0.772. The summed E-state index contributed by atoms with van der Waals surface area (Å²) in [5, 5.41) is 5.41. The van der Waals surface area contributed by atoms with Crippen molar-refractivity contribution in [2.45, 2.75) is 20.3 Å². The van der Waals surface area contributed by atoms with E-state index < -0.39 is 0 Å². The minimum Gasteiger partial charge on any atom is -0.347 e. The van der Waals surface area contributed by atoms with Crippen LogP contribution in [0.1, 0.15) is 18.9 Å². The zero-order valence-corrected chi connectivity index (χ0v) is 15.6. The van der Waals surface area contributed by atoms with Crippen molar-refractivity contribution in [1.82, 2.24) is 10.2 Å². The number of nitrogens with zero attached hydrogens (tertiary/aromatic N) is 1. The van der Waals surface area contributed by atoms with E-state index in [0.29, 0.717) is 11.6 Å². The Balaban J connectivity index is 1.77. The Morgan fingerprint density at radius 1 is 1.33 bits per heavy atom. The highest BCUT2D eigenvalue weighted by Gasteiger charge is 2.39. The highest BCUT2D eigenvalue weighted by molar-refractivity contribution is 9.10. The number of hydrogen-bond donors (Lipinski definition) is 2. The summed E-state index contributed by atoms with van der Waals surface area (Å²) < 4.78 is 0.936. The highest BCUT2D eigenvalue weighted by Crippen LogP contribution is 2.37. The lowest BCUT2D eigenvalue weighted by atomic mass is 10.2. The maximum atomic E-state index is 12.1. The van der Waals surface area contributed by atoms with Crippen LogP contribution in [-0.2, 0) is 14.4 Å². The second kappa shape index (κ2) is 7.79. The van der Waals surface area contributed by atoms with Gasteiger partial charge in [-0.3, -0.25) is 14.4 Å². The van der Waals surface area contributed by atoms with E-state index in [4.69, 9.17) is 0 Å². The summed E-state index contributed by atoms with van der Waals surface area (Å²) in [6.45, 7) is 3.75. The fraction of sp³-hybridized carbons (Fsp3) is 0.471. The molecule has 2 rings (SSSR count). The average molecular weight is 396 g/mol. The van der Waals surface area contributed by atoms with Gasteiger partial charge in [0.1, 0.15) is 0 Å². The molecule has 6 nitrogen and oxygen atoms in total. The molecule has 7 heteroatoms. The number of amides is 3. The fourth-order valence-corrected chi connectivity index (χ4v) is 2.85. The van der Waals surface area contributed by atoms with Gasteiger partial charge in [0.2, 0.25) is 17.7 Å². The summed E-state index contributed by atoms with van der Waals surface area (Å²) in [4.78, 5) is 37.1. The van der Waals surface area contributed by atoms with E-state index in [1.807, 2.05) is 26.0 Å². The van der Waals surface area contributed by atoms with Gasteiger partial charge in [0.25, 0.3) is 0 Å². The molecule has 0 radical (unpaired) electrons. The summed E-state index contributed by atoms with van der Waals surface area (Å²) in [7, 11) is 1.54. The van der Waals surface area contributed by atoms with E-state index in [1.54, 1.807) is 13.1 Å². The summed E-state index contributed by atoms with van der Waals surface area (Å²) in [6.07, 6.45) is 0.880. The van der Waals surface area contributed by atoms with Gasteiger partial charge in [-0.25, -0.2) is 0 Å². The molecule has 1 saturated carbocycles. The Bertz CT molecular complexity index is 662. The molecule has 0 heterocycles. The van der Waals surface area contributed by atoms with Crippen molar-refractivity contribution in [2.75, 3.05) is 25.5 Å². The topological polar surface area (TPSA) is 78.5 Å². The summed E-state index contributed by atoms with van der Waals surface area (Å²) in [5.41, 5.74) is 1.64. The van der Waals surface area contributed by atoms with Crippen molar-refractivity contribution >= 4 is 39.3 Å². The van der Waals surface area contributed by atoms with Crippen molar-refractivity contribution in [3.63, 3.8) is 0 Å². The Labute approximate surface area is 150 Å². The maximum absolute atomic E-state index is 12.1. The van der Waals surface area contributed by atoms with Crippen LogP contribution in [0.15, 0.2) is 22.7 Å². The van der Waals surface area contributed by atoms with Crippen molar-refractivity contribution < 1.29 is 14.4 Å². The van der Waals surface area contributed by atoms with Gasteiger partial charge < -0.3 is 15.5 Å². The number of carbonyl (C=O) groups excluding carboxylic acids is 3. The third-order valence-electron chi connectivity index (χ3n) is 4.13. The average Bonchev–Trinajstić information content (AvgIpc) is 3.24. The predicted octanol–water partition coefficient (Wildman–Crippen LogP) is 1.93. The number of aryl methyl sites for hydroxylation is 1. The predicted molar refractivity (Wildman–Crippen MR) is 95.4 cm³/mol. The molecule has 1 aromatic carbocycles. The standard InChI is InChI=1S/C17H22BrN3O3/c1-10-7-13(10)17(24)19-8-16(23)21(3)9-15(22)20-14-5-4-12(18)6-11(14)2/h4-6,10,13H,7-9H2,1-3H3,(H,19,24)(H,20,22)/t10-,13+/m0/s1. The number of likely N-dealkylation sites (N-methyl/N-ethyl adjacent to an activating group) is 1. The van der Waals surface area contributed by atoms with Crippen LogP contribution in [0.3, 0.4) is 0 Å². The van der Waals surface area contributed by atoms with Gasteiger partial charge in [0.05, 0.1) is 13.1 Å². The molecule has 0 aromatic heterocycles. The van der Waals surface area contributed by atoms with Gasteiger partial charge in [-0.1, -0.05) is 22.9 Å². The van der Waals surface area contributed by atoms with Crippen molar-refractivity contribution in [3.8, 4) is 0 Å². The largest absolute Gasteiger partial charge is 0.347 e. The molecule has 130 valence electrons. The number of halogens is 1. The van der Waals surface area contributed by atoms with Crippen LogP contribution < -0.4 is 10.6 Å². The minimum absolute atomic E-state index is 0.0341. The lowest BCUT2D eigenvalue weighted by Gasteiger charge is -2.17. The third kappa shape index (κ3) is 5.06. The number of benzene rings is 1. The molecule has 0 unspecified atom stereocenters. The van der Waals surface area contributed by atoms with E-state index >= 15 is 0 Å². The molecule has 3 amide bonds. The lowest BCUT2D eigenvalue weighted by molar-refractivity contribution is -0.134. The molecule has 0 bridgehead atoms. The number of rotatable bonds is 6. The molecule has 0 spiro atoms. The smallest absolute Gasteiger partial charge is 0.243 e. The minimum atomic E-state index is -0.292. The van der Waals surface area contributed by atoms with Crippen LogP contribution in [0.4, 0.5) is 5.69 Å². The maximum Gasteiger partial charge on any atom is 0.243 e. The summed E-state index contributed by atoms with van der Waals surface area (Å²) in [6, 6.07) is 5.54. The first-order chi connectivity index (χ1) is 11.3. The third-order valence-corrected chi connectivity index (χ3v) is 4.62. The van der Waals surface area contributed by atoms with Crippen molar-refractivity contribution in [3.05, 3.63) is 28.2 Å². The molecule has 0 aliphatic heterocycles. The first-order valence-electron chi connectivity index (χ1n) is 7.85. The second-order valence-corrected chi connectivity index (χ2v) is 7.21. The fourth-order valence-electron chi connectivity index (χ4n) is 2.38. The molecule has 24 heavy (non-hydrogen) atoms. The van der Waals surface area contributed by atoms with E-state index in [2.05, 4.69) is 26.6 Å². The number of carbonyl (C=O) groups is 3. The second-order valence-electron chi connectivity index (χ2n) is 6.29. The van der Waals surface area contributed by atoms with Crippen LogP contribution >= 0.6 is 15.9 Å². The Morgan fingerprint density at radius 2 is 2.00 bits per heavy atom. The molecule has 2 N–H and O–H groups in total. The number of hydrogen-bond acceptors (Lipinski definition) is 3. The van der Waals surface area contributed by atoms with Gasteiger partial charge in [-0.2, -0.15) is 0 Å². The Hall–Kier alpha value is -1.89. The zero-order chi connectivity index (χ0) is 17.9. The van der Waals surface area contributed by atoms with Crippen LogP contribution in [0.2, 0.25) is 0 Å². The Morgan fingerprint density at radius 3 is 2.58 bits per heavy atom. The highest BCUT2D eigenvalue weighted by atomic mass is 79.9. The number of anilines is 1. The lowest BCUT2D eigenvalue weighted by Crippen LogP contribution is -2.42. The van der Waals surface area contributed by atoms with E-state index in [0.717, 1.165) is 16.5 Å². The van der Waals surface area contributed by atoms with Crippen LogP contribution in [-0.4, -0.2) is 42.8 Å². The molecule has 1 aliphatic carbocycles. The number of nitrogens with one attached hydrogen (secondary N) is 2. The first-order valence-corrected chi connectivity index (χ1v) is 8.65. The SMILES string of the molecule is Cc1cc(Br)ccc1NC(=O)CN(C)C(=O)CNC(=O)[C@@H]1C[C@@H]1C. The Kier molecular flexibility index (Phi) is 5.99. The molecular weight excluding hydrogens is 374 g/mol. The van der Waals surface area contributed by atoms with E-state index in [1.165, 1.54) is 4.90 Å². The van der Waals surface area contributed by atoms with Crippen LogP contribution in [0, 0.1) is 18.8 Å². The zero-order valence-electron chi connectivity index (χ0n) is 14.1. The van der Waals surface area contributed by atoms with Crippen LogP contribution in [0.25, 0.3) is 0 Å². The van der Waals surface area contributed by atoms with Gasteiger partial charge in [-0.05, 0) is 43.0 Å². The summed E-state index contributed by atoms with van der Waals surface area (Å²) >= 11 is 3.37. The molecule has 0 saturated heterocycles. The molecule has 1 aromatic rings. The molecule has 2 atom stereocenters. The molecule has 1 fully saturated rings. The first kappa shape index (κ1) is 18.4. The monoisotopic (exact) mass is 395 g/mol. The molecular formula is C17H22BrN3O3. The van der Waals surface area contributed by atoms with Crippen molar-refractivity contribution in [1.29, 1.82) is 0 Å². The van der Waals surface area contributed by atoms with Gasteiger partial charge in [0.15, 0.2) is 0 Å². The van der Waals surface area contributed by atoms with E-state index in [9.17, 15) is 14.4 Å². The van der Waals surface area contributed by atoms with E-state index in [-0.39, 0.29) is 36.7 Å². The van der Waals surface area contributed by atoms with Crippen molar-refractivity contribution in [2.24, 2.45) is 11.8 Å². The summed E-state index contributed by atoms with van der Waals surface area (Å²) in [5.74, 6) is -0.221. The van der Waals surface area contributed by atoms with Gasteiger partial charge >= 0.3 is 0 Å². The normalized spacial score (nSPS) is 18.7. The van der Waals surface area contributed by atoms with Gasteiger partial charge in [-0.15, -0.1) is 0 Å². The van der Waals surface area contributed by atoms with Crippen LogP contribution in [0.5, 0.6) is 0 Å². The van der Waals surface area contributed by atoms with Gasteiger partial charge in [0, 0.05) is 23.1 Å².